The van der Waals surface area contributed by atoms with Crippen molar-refractivity contribution in [2.75, 3.05) is 0 Å². The average molecular weight is 373 g/mol. The Balaban J connectivity index is 1.69. The molecule has 3 rings (SSSR count). The van der Waals surface area contributed by atoms with Crippen molar-refractivity contribution < 1.29 is 0 Å². The van der Waals surface area contributed by atoms with E-state index in [0.717, 1.165) is 12.8 Å². The van der Waals surface area contributed by atoms with Gasteiger partial charge in [0.1, 0.15) is 0 Å². The molecule has 0 heteroatoms. The summed E-state index contributed by atoms with van der Waals surface area (Å²) >= 11 is 0. The van der Waals surface area contributed by atoms with E-state index in [1.807, 2.05) is 0 Å². The summed E-state index contributed by atoms with van der Waals surface area (Å²) in [4.78, 5) is 0. The highest BCUT2D eigenvalue weighted by atomic mass is 14.3. The molecule has 0 heterocycles. The minimum absolute atomic E-state index is 0.604. The van der Waals surface area contributed by atoms with Gasteiger partial charge >= 0.3 is 0 Å². The van der Waals surface area contributed by atoms with E-state index in [1.54, 1.807) is 16.7 Å². The maximum atomic E-state index is 4.35. The molecule has 0 fully saturated rings. The van der Waals surface area contributed by atoms with E-state index >= 15 is 0 Å². The standard InChI is InChI=1S/C28H36/c1-5-7-9-14-26-25(16-15-22(4)24-12-10-8-11-13-24)17-18-27(26)28-20-21(3)19-23(28)6-2/h8,10-13,17-20,23,26H,4-7,9,14-16H2,1-3H3. The van der Waals surface area contributed by atoms with Crippen molar-refractivity contribution in [2.24, 2.45) is 11.8 Å². The summed E-state index contributed by atoms with van der Waals surface area (Å²) in [5.41, 5.74) is 8.75. The summed E-state index contributed by atoms with van der Waals surface area (Å²) in [5, 5.41) is 0. The Morgan fingerprint density at radius 3 is 2.50 bits per heavy atom. The van der Waals surface area contributed by atoms with E-state index in [2.05, 4.69) is 82.0 Å². The fourth-order valence-corrected chi connectivity index (χ4v) is 4.68. The molecule has 2 unspecified atom stereocenters. The second kappa shape index (κ2) is 9.92. The van der Waals surface area contributed by atoms with Gasteiger partial charge in [-0.25, -0.2) is 0 Å². The van der Waals surface area contributed by atoms with E-state index in [0.29, 0.717) is 11.8 Å². The molecule has 0 bridgehead atoms. The van der Waals surface area contributed by atoms with Crippen LogP contribution in [-0.4, -0.2) is 0 Å². The first-order valence-corrected chi connectivity index (χ1v) is 11.2. The molecule has 0 amide bonds. The summed E-state index contributed by atoms with van der Waals surface area (Å²) < 4.78 is 0. The molecule has 0 N–H and O–H groups in total. The SMILES string of the molecule is C=C(CCC1=CC=C(C2=CC(C)=CC2CC)C1CCCCC)c1ccccc1. The third-order valence-corrected chi connectivity index (χ3v) is 6.31. The van der Waals surface area contributed by atoms with E-state index in [-0.39, 0.29) is 0 Å². The molecule has 0 aromatic heterocycles. The van der Waals surface area contributed by atoms with Crippen LogP contribution < -0.4 is 0 Å². The summed E-state index contributed by atoms with van der Waals surface area (Å²) in [5.74, 6) is 1.21. The maximum absolute atomic E-state index is 4.35. The molecule has 0 saturated carbocycles. The number of allylic oxidation sites excluding steroid dienone is 9. The average Bonchev–Trinajstić information content (AvgIpc) is 3.29. The molecule has 28 heavy (non-hydrogen) atoms. The molecular formula is C28H36. The Morgan fingerprint density at radius 1 is 1.00 bits per heavy atom. The Labute approximate surface area is 172 Å². The first-order chi connectivity index (χ1) is 13.6. The van der Waals surface area contributed by atoms with Crippen LogP contribution >= 0.6 is 0 Å². The molecule has 2 atom stereocenters. The van der Waals surface area contributed by atoms with Gasteiger partial charge in [0.05, 0.1) is 0 Å². The van der Waals surface area contributed by atoms with Crippen LogP contribution in [0.3, 0.4) is 0 Å². The van der Waals surface area contributed by atoms with Crippen LogP contribution in [0.4, 0.5) is 0 Å². The van der Waals surface area contributed by atoms with Gasteiger partial charge in [0.2, 0.25) is 0 Å². The molecule has 1 aromatic rings. The van der Waals surface area contributed by atoms with Gasteiger partial charge in [0.15, 0.2) is 0 Å². The van der Waals surface area contributed by atoms with Crippen molar-refractivity contribution in [1.29, 1.82) is 0 Å². The molecule has 0 spiro atoms. The zero-order valence-corrected chi connectivity index (χ0v) is 18.0. The highest BCUT2D eigenvalue weighted by Crippen LogP contribution is 2.44. The van der Waals surface area contributed by atoms with Crippen LogP contribution in [0.5, 0.6) is 0 Å². The predicted molar refractivity (Wildman–Crippen MR) is 124 cm³/mol. The lowest BCUT2D eigenvalue weighted by atomic mass is 9.80. The third kappa shape index (κ3) is 4.85. The largest absolute Gasteiger partial charge is 0.0952 e. The number of unbranched alkanes of at least 4 members (excludes halogenated alkanes) is 2. The third-order valence-electron chi connectivity index (χ3n) is 6.31. The predicted octanol–water partition coefficient (Wildman–Crippen LogP) is 8.46. The number of hydrogen-bond acceptors (Lipinski definition) is 0. The van der Waals surface area contributed by atoms with Crippen molar-refractivity contribution in [3.05, 3.63) is 89.1 Å². The van der Waals surface area contributed by atoms with Crippen molar-refractivity contribution in [3.63, 3.8) is 0 Å². The van der Waals surface area contributed by atoms with E-state index in [4.69, 9.17) is 0 Å². The van der Waals surface area contributed by atoms with Gasteiger partial charge in [-0.15, -0.1) is 0 Å². The fraction of sp³-hybridized carbons (Fsp3) is 0.429. The van der Waals surface area contributed by atoms with Crippen LogP contribution in [0.1, 0.15) is 71.3 Å². The van der Waals surface area contributed by atoms with Crippen molar-refractivity contribution in [3.8, 4) is 0 Å². The van der Waals surface area contributed by atoms with Crippen LogP contribution in [-0.2, 0) is 0 Å². The summed E-state index contributed by atoms with van der Waals surface area (Å²) in [7, 11) is 0. The van der Waals surface area contributed by atoms with Crippen LogP contribution in [0.15, 0.2) is 83.5 Å². The van der Waals surface area contributed by atoms with Gasteiger partial charge in [-0.3, -0.25) is 0 Å². The monoisotopic (exact) mass is 372 g/mol. The van der Waals surface area contributed by atoms with Gasteiger partial charge < -0.3 is 0 Å². The van der Waals surface area contributed by atoms with E-state index < -0.39 is 0 Å². The Hall–Kier alpha value is -2.08. The zero-order chi connectivity index (χ0) is 19.9. The van der Waals surface area contributed by atoms with Crippen molar-refractivity contribution in [2.45, 2.75) is 65.7 Å². The number of rotatable bonds is 10. The smallest absolute Gasteiger partial charge is 0.00543 e. The first kappa shape index (κ1) is 20.6. The van der Waals surface area contributed by atoms with Crippen LogP contribution in [0.25, 0.3) is 5.57 Å². The number of benzene rings is 1. The maximum Gasteiger partial charge on any atom is 0.00543 e. The quantitative estimate of drug-likeness (QED) is 0.361. The lowest BCUT2D eigenvalue weighted by Gasteiger charge is -2.24. The molecule has 148 valence electrons. The first-order valence-electron chi connectivity index (χ1n) is 11.2. The normalized spacial score (nSPS) is 21.2. The van der Waals surface area contributed by atoms with E-state index in [1.165, 1.54) is 48.8 Å². The van der Waals surface area contributed by atoms with Gasteiger partial charge in [0, 0.05) is 11.8 Å². The van der Waals surface area contributed by atoms with Gasteiger partial charge in [-0.2, -0.15) is 0 Å². The summed E-state index contributed by atoms with van der Waals surface area (Å²) in [6.45, 7) is 11.2. The molecule has 2 aliphatic carbocycles. The molecule has 0 aliphatic heterocycles. The Bertz CT molecular complexity index is 798. The minimum Gasteiger partial charge on any atom is -0.0952 e. The van der Waals surface area contributed by atoms with Crippen LogP contribution in [0, 0.1) is 11.8 Å². The molecule has 0 nitrogen and oxygen atoms in total. The van der Waals surface area contributed by atoms with Gasteiger partial charge in [-0.05, 0) is 54.9 Å². The van der Waals surface area contributed by atoms with Crippen molar-refractivity contribution in [1.82, 2.24) is 0 Å². The molecule has 0 saturated heterocycles. The molecular weight excluding hydrogens is 336 g/mol. The summed E-state index contributed by atoms with van der Waals surface area (Å²) in [6, 6.07) is 10.6. The highest BCUT2D eigenvalue weighted by Gasteiger charge is 2.29. The number of hydrogen-bond donors (Lipinski definition) is 0. The van der Waals surface area contributed by atoms with Crippen molar-refractivity contribution >= 4 is 5.57 Å². The minimum atomic E-state index is 0.604. The highest BCUT2D eigenvalue weighted by molar-refractivity contribution is 5.63. The Kier molecular flexibility index (Phi) is 7.31. The molecule has 1 aromatic carbocycles. The summed E-state index contributed by atoms with van der Waals surface area (Å²) in [6.07, 6.45) is 18.3. The zero-order valence-electron chi connectivity index (χ0n) is 18.0. The van der Waals surface area contributed by atoms with Crippen LogP contribution in [0.2, 0.25) is 0 Å². The lowest BCUT2D eigenvalue weighted by Crippen LogP contribution is -2.10. The fourth-order valence-electron chi connectivity index (χ4n) is 4.68. The Morgan fingerprint density at radius 2 is 1.79 bits per heavy atom. The lowest BCUT2D eigenvalue weighted by molar-refractivity contribution is 0.560. The molecule has 0 radical (unpaired) electrons. The van der Waals surface area contributed by atoms with Gasteiger partial charge in [-0.1, -0.05) is 105 Å². The molecule has 2 aliphatic rings. The second-order valence-corrected chi connectivity index (χ2v) is 8.41. The topological polar surface area (TPSA) is 0 Å². The van der Waals surface area contributed by atoms with E-state index in [9.17, 15) is 0 Å². The second-order valence-electron chi connectivity index (χ2n) is 8.41. The van der Waals surface area contributed by atoms with Gasteiger partial charge in [0.25, 0.3) is 0 Å².